The monoisotopic (exact) mass is 384 g/mol. The Morgan fingerprint density at radius 3 is 2.89 bits per heavy atom. The number of carbonyl (C=O) groups is 2. The molecule has 28 heavy (non-hydrogen) atoms. The molecule has 1 aliphatic heterocycles. The van der Waals surface area contributed by atoms with Crippen molar-refractivity contribution in [2.24, 2.45) is 0 Å². The van der Waals surface area contributed by atoms with Gasteiger partial charge in [0.2, 0.25) is 5.91 Å². The fraction of sp³-hybridized carbons (Fsp3) is 0.500. The van der Waals surface area contributed by atoms with Crippen LogP contribution in [0, 0.1) is 0 Å². The molecule has 2 N–H and O–H groups in total. The molecule has 0 radical (unpaired) electrons. The van der Waals surface area contributed by atoms with E-state index in [1.807, 2.05) is 18.5 Å². The lowest BCUT2D eigenvalue weighted by molar-refractivity contribution is -0.120. The first-order valence-corrected chi connectivity index (χ1v) is 9.81. The summed E-state index contributed by atoms with van der Waals surface area (Å²) < 4.78 is 2.13. The van der Waals surface area contributed by atoms with Gasteiger partial charge in [0.05, 0.1) is 5.56 Å². The normalized spacial score (nSPS) is 14.7. The van der Waals surface area contributed by atoms with Gasteiger partial charge >= 0.3 is 0 Å². The van der Waals surface area contributed by atoms with Crippen LogP contribution in [0.3, 0.4) is 0 Å². The van der Waals surface area contributed by atoms with Crippen LogP contribution >= 0.6 is 0 Å². The molecule has 0 unspecified atom stereocenters. The maximum atomic E-state index is 12.3. The van der Waals surface area contributed by atoms with E-state index >= 15 is 0 Å². The summed E-state index contributed by atoms with van der Waals surface area (Å²) in [4.78, 5) is 34.6. The first-order chi connectivity index (χ1) is 13.5. The second-order valence-corrected chi connectivity index (χ2v) is 7.24. The lowest BCUT2D eigenvalue weighted by Crippen LogP contribution is -2.29. The third-order valence-corrected chi connectivity index (χ3v) is 4.77. The topological polar surface area (TPSA) is 92.2 Å². The molecule has 8 nitrogen and oxygen atoms in total. The molecule has 2 aromatic heterocycles. The smallest absolute Gasteiger partial charge is 0.252 e. The van der Waals surface area contributed by atoms with E-state index < -0.39 is 0 Å². The maximum Gasteiger partial charge on any atom is 0.252 e. The Labute approximate surface area is 165 Å². The molecule has 0 spiro atoms. The number of pyridine rings is 1. The van der Waals surface area contributed by atoms with Crippen molar-refractivity contribution in [1.82, 2.24) is 25.2 Å². The Balaban J connectivity index is 1.46. The molecule has 0 aliphatic carbocycles. The van der Waals surface area contributed by atoms with Gasteiger partial charge in [0.1, 0.15) is 11.6 Å². The van der Waals surface area contributed by atoms with Gasteiger partial charge < -0.3 is 20.1 Å². The lowest BCUT2D eigenvalue weighted by Gasteiger charge is -2.20. The van der Waals surface area contributed by atoms with Gasteiger partial charge in [-0.3, -0.25) is 9.59 Å². The summed E-state index contributed by atoms with van der Waals surface area (Å²) in [5, 5.41) is 5.79. The molecule has 2 aromatic rings. The maximum absolute atomic E-state index is 12.3. The minimum absolute atomic E-state index is 0.0645. The van der Waals surface area contributed by atoms with Crippen molar-refractivity contribution in [3.63, 3.8) is 0 Å². The van der Waals surface area contributed by atoms with Crippen LogP contribution in [0.5, 0.6) is 0 Å². The standard InChI is InChI=1S/C20H28N6O2/c1-15(2)19-22-9-13-26(19)10-3-7-23-20(28)16-4-5-17(24-14-16)25-11-6-18(27)21-8-12-25/h4-5,9,13-15H,3,6-8,10-12H2,1-2H3,(H,21,27)(H,23,28). The third-order valence-electron chi connectivity index (χ3n) is 4.77. The van der Waals surface area contributed by atoms with Crippen LogP contribution in [0.25, 0.3) is 0 Å². The van der Waals surface area contributed by atoms with Crippen molar-refractivity contribution >= 4 is 17.6 Å². The molecule has 1 saturated heterocycles. The fourth-order valence-corrected chi connectivity index (χ4v) is 3.27. The number of hydrogen-bond acceptors (Lipinski definition) is 5. The molecule has 0 atom stereocenters. The number of amides is 2. The van der Waals surface area contributed by atoms with E-state index in [4.69, 9.17) is 0 Å². The van der Waals surface area contributed by atoms with Crippen LogP contribution in [-0.2, 0) is 11.3 Å². The Kier molecular flexibility index (Phi) is 6.62. The molecule has 150 valence electrons. The number of nitrogens with one attached hydrogen (secondary N) is 2. The van der Waals surface area contributed by atoms with Crippen LogP contribution < -0.4 is 15.5 Å². The number of aromatic nitrogens is 3. The van der Waals surface area contributed by atoms with Gasteiger partial charge in [-0.05, 0) is 18.6 Å². The summed E-state index contributed by atoms with van der Waals surface area (Å²) in [6.07, 6.45) is 6.68. The number of aryl methyl sites for hydroxylation is 1. The van der Waals surface area contributed by atoms with Gasteiger partial charge in [-0.2, -0.15) is 0 Å². The van der Waals surface area contributed by atoms with Gasteiger partial charge in [0.25, 0.3) is 5.91 Å². The van der Waals surface area contributed by atoms with Crippen molar-refractivity contribution in [3.05, 3.63) is 42.1 Å². The zero-order valence-electron chi connectivity index (χ0n) is 16.5. The summed E-state index contributed by atoms with van der Waals surface area (Å²) in [7, 11) is 0. The van der Waals surface area contributed by atoms with Crippen molar-refractivity contribution in [3.8, 4) is 0 Å². The number of nitrogens with zero attached hydrogens (tertiary/aromatic N) is 4. The largest absolute Gasteiger partial charge is 0.354 e. The van der Waals surface area contributed by atoms with E-state index in [1.54, 1.807) is 12.3 Å². The molecule has 0 saturated carbocycles. The number of hydrogen-bond donors (Lipinski definition) is 2. The van der Waals surface area contributed by atoms with E-state index in [2.05, 4.69) is 43.9 Å². The highest BCUT2D eigenvalue weighted by molar-refractivity contribution is 5.94. The summed E-state index contributed by atoms with van der Waals surface area (Å²) in [5.74, 6) is 2.18. The quantitative estimate of drug-likeness (QED) is 0.707. The molecule has 2 amide bonds. The third kappa shape index (κ3) is 5.09. The Morgan fingerprint density at radius 2 is 2.14 bits per heavy atom. The highest BCUT2D eigenvalue weighted by Gasteiger charge is 2.15. The zero-order chi connectivity index (χ0) is 19.9. The molecule has 8 heteroatoms. The predicted molar refractivity (Wildman–Crippen MR) is 107 cm³/mol. The van der Waals surface area contributed by atoms with E-state index in [0.717, 1.165) is 31.2 Å². The van der Waals surface area contributed by atoms with Gasteiger partial charge in [-0.25, -0.2) is 9.97 Å². The SMILES string of the molecule is CC(C)c1nccn1CCCNC(=O)c1ccc(N2CCNC(=O)CC2)nc1. The minimum atomic E-state index is -0.124. The van der Waals surface area contributed by atoms with Crippen LogP contribution in [0.4, 0.5) is 5.82 Å². The molecule has 1 aliphatic rings. The Morgan fingerprint density at radius 1 is 1.29 bits per heavy atom. The van der Waals surface area contributed by atoms with Gasteiger partial charge in [0, 0.05) is 63.7 Å². The Bertz CT molecular complexity index is 799. The zero-order valence-corrected chi connectivity index (χ0v) is 16.5. The fourth-order valence-electron chi connectivity index (χ4n) is 3.27. The minimum Gasteiger partial charge on any atom is -0.354 e. The van der Waals surface area contributed by atoms with Gasteiger partial charge in [-0.1, -0.05) is 13.8 Å². The number of carbonyl (C=O) groups excluding carboxylic acids is 2. The molecule has 3 heterocycles. The van der Waals surface area contributed by atoms with Crippen LogP contribution in [-0.4, -0.2) is 52.5 Å². The van der Waals surface area contributed by atoms with Crippen LogP contribution in [0.15, 0.2) is 30.7 Å². The number of anilines is 1. The summed E-state index contributed by atoms with van der Waals surface area (Å²) in [6.45, 7) is 7.63. The van der Waals surface area contributed by atoms with Gasteiger partial charge in [-0.15, -0.1) is 0 Å². The summed E-state index contributed by atoms with van der Waals surface area (Å²) in [6, 6.07) is 3.62. The average molecular weight is 384 g/mol. The van der Waals surface area contributed by atoms with E-state index in [9.17, 15) is 9.59 Å². The first kappa shape index (κ1) is 19.9. The van der Waals surface area contributed by atoms with E-state index in [0.29, 0.717) is 37.5 Å². The number of imidazole rings is 1. The second-order valence-electron chi connectivity index (χ2n) is 7.24. The molecular formula is C20H28N6O2. The lowest BCUT2D eigenvalue weighted by atomic mass is 10.2. The van der Waals surface area contributed by atoms with Crippen LogP contribution in [0.2, 0.25) is 0 Å². The number of rotatable bonds is 7. The van der Waals surface area contributed by atoms with Crippen molar-refractivity contribution in [1.29, 1.82) is 0 Å². The molecule has 0 bridgehead atoms. The molecule has 0 aromatic carbocycles. The summed E-state index contributed by atoms with van der Waals surface area (Å²) >= 11 is 0. The highest BCUT2D eigenvalue weighted by Crippen LogP contribution is 2.13. The molecular weight excluding hydrogens is 356 g/mol. The first-order valence-electron chi connectivity index (χ1n) is 9.81. The Hall–Kier alpha value is -2.90. The predicted octanol–water partition coefficient (Wildman–Crippen LogP) is 1.55. The molecule has 3 rings (SSSR count). The molecule has 1 fully saturated rings. The average Bonchev–Trinajstić information content (AvgIpc) is 3.06. The van der Waals surface area contributed by atoms with Crippen molar-refractivity contribution in [2.75, 3.05) is 31.1 Å². The summed E-state index contributed by atoms with van der Waals surface area (Å²) in [5.41, 5.74) is 0.540. The van der Waals surface area contributed by atoms with E-state index in [-0.39, 0.29) is 11.8 Å². The van der Waals surface area contributed by atoms with Crippen molar-refractivity contribution in [2.45, 2.75) is 39.2 Å². The van der Waals surface area contributed by atoms with Crippen molar-refractivity contribution < 1.29 is 9.59 Å². The van der Waals surface area contributed by atoms with E-state index in [1.165, 1.54) is 0 Å². The second kappa shape index (κ2) is 9.34. The van der Waals surface area contributed by atoms with Crippen LogP contribution in [0.1, 0.15) is 48.8 Å². The highest BCUT2D eigenvalue weighted by atomic mass is 16.2. The van der Waals surface area contributed by atoms with Gasteiger partial charge in [0.15, 0.2) is 0 Å².